The van der Waals surface area contributed by atoms with E-state index in [0.717, 1.165) is 0 Å². The Morgan fingerprint density at radius 1 is 1.21 bits per heavy atom. The molecule has 19 heavy (non-hydrogen) atoms. The number of hydrogen-bond donors (Lipinski definition) is 0. The first-order valence-electron chi connectivity index (χ1n) is 5.23. The Hall–Kier alpha value is -2.37. The molecular formula is C13H8F3NO2. The summed E-state index contributed by atoms with van der Waals surface area (Å²) in [7, 11) is 1.45. The summed E-state index contributed by atoms with van der Waals surface area (Å²) < 4.78 is 44.4. The van der Waals surface area contributed by atoms with Crippen LogP contribution in [0.15, 0.2) is 30.3 Å². The van der Waals surface area contributed by atoms with Crippen molar-refractivity contribution < 1.29 is 22.7 Å². The van der Waals surface area contributed by atoms with Crippen LogP contribution in [0.25, 0.3) is 11.3 Å². The predicted molar refractivity (Wildman–Crippen MR) is 61.6 cm³/mol. The van der Waals surface area contributed by atoms with Gasteiger partial charge in [0.1, 0.15) is 17.1 Å². The third kappa shape index (κ3) is 2.57. The number of pyridine rings is 1. The molecule has 0 spiro atoms. The normalized spacial score (nSPS) is 10.3. The zero-order valence-corrected chi connectivity index (χ0v) is 9.78. The number of methoxy groups -OCH3 is 1. The number of aromatic nitrogens is 1. The second-order valence-corrected chi connectivity index (χ2v) is 3.65. The maximum absolute atomic E-state index is 13.6. The predicted octanol–water partition coefficient (Wildman–Crippen LogP) is 3.15. The van der Waals surface area contributed by atoms with Gasteiger partial charge in [0.05, 0.1) is 7.11 Å². The van der Waals surface area contributed by atoms with Gasteiger partial charge in [0.15, 0.2) is 11.6 Å². The Morgan fingerprint density at radius 3 is 2.37 bits per heavy atom. The molecule has 1 heterocycles. The fourth-order valence-corrected chi connectivity index (χ4v) is 1.54. The van der Waals surface area contributed by atoms with Crippen LogP contribution in [0.5, 0.6) is 5.75 Å². The van der Waals surface area contributed by atoms with Crippen LogP contribution in [0.4, 0.5) is 13.2 Å². The van der Waals surface area contributed by atoms with E-state index >= 15 is 0 Å². The molecule has 0 aliphatic rings. The maximum atomic E-state index is 13.6. The van der Waals surface area contributed by atoms with E-state index in [-0.39, 0.29) is 5.56 Å². The number of rotatable bonds is 3. The van der Waals surface area contributed by atoms with Gasteiger partial charge in [0, 0.05) is 11.6 Å². The van der Waals surface area contributed by atoms with Gasteiger partial charge < -0.3 is 4.74 Å². The van der Waals surface area contributed by atoms with Crippen LogP contribution in [0.3, 0.4) is 0 Å². The lowest BCUT2D eigenvalue weighted by molar-refractivity contribution is 0.0829. The van der Waals surface area contributed by atoms with E-state index < -0.39 is 29.1 Å². The van der Waals surface area contributed by atoms with E-state index in [9.17, 15) is 18.0 Å². The third-order valence-electron chi connectivity index (χ3n) is 2.48. The van der Waals surface area contributed by atoms with Crippen LogP contribution in [0.1, 0.15) is 10.5 Å². The highest BCUT2D eigenvalue weighted by atomic mass is 19.2. The molecule has 1 aromatic carbocycles. The lowest BCUT2D eigenvalue weighted by Gasteiger charge is -2.06. The Kier molecular flexibility index (Phi) is 3.50. The molecule has 0 aliphatic carbocycles. The molecule has 0 radical (unpaired) electrons. The average Bonchev–Trinajstić information content (AvgIpc) is 2.41. The molecule has 1 aromatic heterocycles. The quantitative estimate of drug-likeness (QED) is 0.802. The van der Waals surface area contributed by atoms with Crippen molar-refractivity contribution in [1.82, 2.24) is 4.98 Å². The van der Waals surface area contributed by atoms with Gasteiger partial charge in [0.2, 0.25) is 0 Å². The molecule has 2 aromatic rings. The number of ether oxygens (including phenoxy) is 1. The fraction of sp³-hybridized carbons (Fsp3) is 0.0769. The second-order valence-electron chi connectivity index (χ2n) is 3.65. The lowest BCUT2D eigenvalue weighted by atomic mass is 10.1. The zero-order chi connectivity index (χ0) is 14.0. The van der Waals surface area contributed by atoms with Gasteiger partial charge in [0.25, 0.3) is 0 Å². The molecule has 0 saturated carbocycles. The molecule has 0 atom stereocenters. The zero-order valence-electron chi connectivity index (χ0n) is 9.78. The highest BCUT2D eigenvalue weighted by Gasteiger charge is 2.17. The molecule has 0 aliphatic heterocycles. The van der Waals surface area contributed by atoms with Crippen molar-refractivity contribution >= 4 is 6.04 Å². The van der Waals surface area contributed by atoms with Gasteiger partial charge >= 0.3 is 6.04 Å². The molecule has 98 valence electrons. The van der Waals surface area contributed by atoms with Gasteiger partial charge in [-0.1, -0.05) is 0 Å². The Morgan fingerprint density at radius 2 is 1.84 bits per heavy atom. The summed E-state index contributed by atoms with van der Waals surface area (Å²) in [5.41, 5.74) is -0.992. The topological polar surface area (TPSA) is 39.2 Å². The summed E-state index contributed by atoms with van der Waals surface area (Å²) in [4.78, 5) is 14.0. The number of benzene rings is 1. The molecule has 0 unspecified atom stereocenters. The standard InChI is InChI=1S/C13H8F3NO2/c1-19-8-4-2-7(3-5-8)12-11(15)9(14)6-10(17-12)13(16)18/h2-6H,1H3. The van der Waals surface area contributed by atoms with Crippen LogP contribution in [0.2, 0.25) is 0 Å². The summed E-state index contributed by atoms with van der Waals surface area (Å²) in [6.07, 6.45) is 0. The van der Waals surface area contributed by atoms with E-state index in [1.54, 1.807) is 0 Å². The van der Waals surface area contributed by atoms with Gasteiger partial charge in [-0.25, -0.2) is 13.8 Å². The van der Waals surface area contributed by atoms with E-state index in [0.29, 0.717) is 11.8 Å². The third-order valence-corrected chi connectivity index (χ3v) is 2.48. The minimum Gasteiger partial charge on any atom is -0.497 e. The van der Waals surface area contributed by atoms with Crippen molar-refractivity contribution in [3.8, 4) is 17.0 Å². The van der Waals surface area contributed by atoms with E-state index in [4.69, 9.17) is 4.74 Å². The molecule has 0 N–H and O–H groups in total. The minimum atomic E-state index is -1.92. The summed E-state index contributed by atoms with van der Waals surface area (Å²) in [5, 5.41) is 0. The molecule has 0 bridgehead atoms. The first-order chi connectivity index (χ1) is 9.02. The van der Waals surface area contributed by atoms with Crippen molar-refractivity contribution in [2.75, 3.05) is 7.11 Å². The minimum absolute atomic E-state index is 0.209. The summed E-state index contributed by atoms with van der Waals surface area (Å²) in [6, 6.07) is 4.38. The lowest BCUT2D eigenvalue weighted by Crippen LogP contribution is -2.02. The Bertz CT molecular complexity index is 627. The summed E-state index contributed by atoms with van der Waals surface area (Å²) >= 11 is 0. The molecule has 2 rings (SSSR count). The molecule has 3 nitrogen and oxygen atoms in total. The highest BCUT2D eigenvalue weighted by Crippen LogP contribution is 2.25. The molecule has 0 amide bonds. The van der Waals surface area contributed by atoms with E-state index in [2.05, 4.69) is 4.98 Å². The van der Waals surface area contributed by atoms with Crippen LogP contribution in [-0.2, 0) is 0 Å². The molecular weight excluding hydrogens is 259 g/mol. The van der Waals surface area contributed by atoms with Gasteiger partial charge in [-0.2, -0.15) is 4.39 Å². The Balaban J connectivity index is 2.56. The molecule has 6 heteroatoms. The second kappa shape index (κ2) is 5.09. The van der Waals surface area contributed by atoms with Gasteiger partial charge in [-0.05, 0) is 24.3 Å². The van der Waals surface area contributed by atoms with Gasteiger partial charge in [-0.15, -0.1) is 0 Å². The van der Waals surface area contributed by atoms with Gasteiger partial charge in [-0.3, -0.25) is 4.79 Å². The monoisotopic (exact) mass is 267 g/mol. The van der Waals surface area contributed by atoms with Crippen molar-refractivity contribution in [2.24, 2.45) is 0 Å². The van der Waals surface area contributed by atoms with Crippen LogP contribution in [-0.4, -0.2) is 18.1 Å². The smallest absolute Gasteiger partial charge is 0.350 e. The molecule has 0 saturated heterocycles. The van der Waals surface area contributed by atoms with Crippen molar-refractivity contribution in [1.29, 1.82) is 0 Å². The fourth-order valence-electron chi connectivity index (χ4n) is 1.54. The van der Waals surface area contributed by atoms with Crippen molar-refractivity contribution in [3.63, 3.8) is 0 Å². The first kappa shape index (κ1) is 13.1. The number of nitrogens with zero attached hydrogens (tertiary/aromatic N) is 1. The van der Waals surface area contributed by atoms with E-state index in [1.165, 1.54) is 31.4 Å². The molecule has 0 fully saturated rings. The van der Waals surface area contributed by atoms with E-state index in [1.807, 2.05) is 0 Å². The Labute approximate surface area is 106 Å². The first-order valence-corrected chi connectivity index (χ1v) is 5.23. The summed E-state index contributed by atoms with van der Waals surface area (Å²) in [6.45, 7) is 0. The summed E-state index contributed by atoms with van der Waals surface area (Å²) in [5.74, 6) is -2.06. The van der Waals surface area contributed by atoms with Crippen LogP contribution in [0, 0.1) is 11.6 Å². The number of halogens is 3. The maximum Gasteiger partial charge on any atom is 0.350 e. The SMILES string of the molecule is COc1ccc(-c2nc(C(=O)F)cc(F)c2F)cc1. The number of hydrogen-bond acceptors (Lipinski definition) is 3. The van der Waals surface area contributed by atoms with Crippen molar-refractivity contribution in [2.45, 2.75) is 0 Å². The number of carbonyl (C=O) groups excluding carboxylic acids is 1. The van der Waals surface area contributed by atoms with Crippen LogP contribution < -0.4 is 4.74 Å². The number of carbonyl (C=O) groups is 1. The highest BCUT2D eigenvalue weighted by molar-refractivity contribution is 5.87. The van der Waals surface area contributed by atoms with Crippen LogP contribution >= 0.6 is 0 Å². The van der Waals surface area contributed by atoms with Crippen molar-refractivity contribution in [3.05, 3.63) is 47.7 Å². The average molecular weight is 267 g/mol. The largest absolute Gasteiger partial charge is 0.497 e.